The van der Waals surface area contributed by atoms with E-state index in [-0.39, 0.29) is 0 Å². The number of hydrogen-bond donors (Lipinski definition) is 2. The molecule has 0 saturated heterocycles. The molecule has 1 saturated carbocycles. The van der Waals surface area contributed by atoms with Gasteiger partial charge in [-0.25, -0.2) is 4.98 Å². The van der Waals surface area contributed by atoms with Crippen molar-refractivity contribution in [2.45, 2.75) is 39.7 Å². The molecule has 102 valence electrons. The van der Waals surface area contributed by atoms with Crippen LogP contribution >= 0.6 is 11.3 Å². The van der Waals surface area contributed by atoms with E-state index in [0.29, 0.717) is 17.9 Å². The molecular formula is C14H20N4S. The normalized spacial score (nSPS) is 27.0. The number of hydrogen-bond acceptors (Lipinski definition) is 5. The van der Waals surface area contributed by atoms with Crippen LogP contribution in [0.5, 0.6) is 0 Å². The van der Waals surface area contributed by atoms with E-state index in [1.165, 1.54) is 17.7 Å². The highest BCUT2D eigenvalue weighted by Gasteiger charge is 2.30. The van der Waals surface area contributed by atoms with Gasteiger partial charge in [-0.3, -0.25) is 0 Å². The fraction of sp³-hybridized carbons (Fsp3) is 0.571. The number of fused-ring (bicyclic) bond motifs is 1. The quantitative estimate of drug-likeness (QED) is 0.882. The monoisotopic (exact) mass is 276 g/mol. The van der Waals surface area contributed by atoms with Gasteiger partial charge in [0.25, 0.3) is 0 Å². The molecule has 2 heterocycles. The summed E-state index contributed by atoms with van der Waals surface area (Å²) in [5, 5.41) is 4.69. The van der Waals surface area contributed by atoms with Crippen LogP contribution in [0.3, 0.4) is 0 Å². The highest BCUT2D eigenvalue weighted by atomic mass is 32.1. The zero-order valence-corrected chi connectivity index (χ0v) is 12.4. The molecule has 3 rings (SSSR count). The van der Waals surface area contributed by atoms with Gasteiger partial charge >= 0.3 is 0 Å². The molecule has 0 amide bonds. The van der Waals surface area contributed by atoms with Crippen LogP contribution in [-0.4, -0.2) is 16.0 Å². The Morgan fingerprint density at radius 2 is 2.11 bits per heavy atom. The van der Waals surface area contributed by atoms with Crippen molar-refractivity contribution in [1.29, 1.82) is 0 Å². The fourth-order valence-electron chi connectivity index (χ4n) is 2.91. The molecule has 0 aromatic carbocycles. The lowest BCUT2D eigenvalue weighted by Crippen LogP contribution is -2.24. The third kappa shape index (κ3) is 2.27. The maximum absolute atomic E-state index is 5.81. The molecule has 1 fully saturated rings. The van der Waals surface area contributed by atoms with Crippen LogP contribution in [0.4, 0.5) is 11.8 Å². The van der Waals surface area contributed by atoms with Crippen molar-refractivity contribution in [2.24, 2.45) is 11.8 Å². The second kappa shape index (κ2) is 4.63. The second-order valence-corrected chi connectivity index (χ2v) is 6.91. The van der Waals surface area contributed by atoms with E-state index in [1.807, 2.05) is 0 Å². The largest absolute Gasteiger partial charge is 0.368 e. The molecule has 2 aromatic heterocycles. The van der Waals surface area contributed by atoms with E-state index in [1.54, 1.807) is 11.3 Å². The third-order valence-corrected chi connectivity index (χ3v) is 5.26. The Hall–Kier alpha value is -1.36. The van der Waals surface area contributed by atoms with Crippen molar-refractivity contribution in [1.82, 2.24) is 9.97 Å². The molecule has 1 aliphatic carbocycles. The predicted molar refractivity (Wildman–Crippen MR) is 81.5 cm³/mol. The SMILES string of the molecule is Cc1cc2c(NC3CCC(C)C3C)nc(N)nc2s1. The van der Waals surface area contributed by atoms with Gasteiger partial charge in [-0.15, -0.1) is 11.3 Å². The Labute approximate surface area is 117 Å². The maximum Gasteiger partial charge on any atom is 0.223 e. The number of aryl methyl sites for hydroxylation is 1. The van der Waals surface area contributed by atoms with Crippen LogP contribution in [0.25, 0.3) is 10.2 Å². The van der Waals surface area contributed by atoms with Crippen molar-refractivity contribution in [2.75, 3.05) is 11.1 Å². The predicted octanol–water partition coefficient (Wildman–Crippen LogP) is 3.43. The molecule has 4 nitrogen and oxygen atoms in total. The zero-order valence-electron chi connectivity index (χ0n) is 11.6. The summed E-state index contributed by atoms with van der Waals surface area (Å²) < 4.78 is 0. The molecule has 3 unspecified atom stereocenters. The number of nitrogens with one attached hydrogen (secondary N) is 1. The standard InChI is InChI=1S/C14H20N4S/c1-7-4-5-11(9(7)3)16-12-10-6-8(2)19-13(10)18-14(15)17-12/h6-7,9,11H,4-5H2,1-3H3,(H3,15,16,17,18). The van der Waals surface area contributed by atoms with E-state index in [2.05, 4.69) is 42.1 Å². The minimum absolute atomic E-state index is 0.357. The minimum Gasteiger partial charge on any atom is -0.368 e. The van der Waals surface area contributed by atoms with Gasteiger partial charge in [0, 0.05) is 10.9 Å². The average Bonchev–Trinajstić information content (AvgIpc) is 2.86. The summed E-state index contributed by atoms with van der Waals surface area (Å²) in [6, 6.07) is 2.64. The number of rotatable bonds is 2. The van der Waals surface area contributed by atoms with Crippen molar-refractivity contribution < 1.29 is 0 Å². The number of thiophene rings is 1. The molecule has 2 aromatic rings. The molecular weight excluding hydrogens is 256 g/mol. The maximum atomic E-state index is 5.81. The lowest BCUT2D eigenvalue weighted by Gasteiger charge is -2.20. The van der Waals surface area contributed by atoms with Gasteiger partial charge in [-0.2, -0.15) is 4.98 Å². The van der Waals surface area contributed by atoms with Gasteiger partial charge < -0.3 is 11.1 Å². The summed E-state index contributed by atoms with van der Waals surface area (Å²) in [5.41, 5.74) is 5.81. The fourth-order valence-corrected chi connectivity index (χ4v) is 3.80. The summed E-state index contributed by atoms with van der Waals surface area (Å²) in [6.07, 6.45) is 2.49. The first kappa shape index (κ1) is 12.7. The van der Waals surface area contributed by atoms with Crippen molar-refractivity contribution in [3.63, 3.8) is 0 Å². The Bertz CT molecular complexity index is 607. The van der Waals surface area contributed by atoms with Crippen LogP contribution in [0.2, 0.25) is 0 Å². The smallest absolute Gasteiger partial charge is 0.223 e. The van der Waals surface area contributed by atoms with Gasteiger partial charge in [-0.05, 0) is 37.7 Å². The Morgan fingerprint density at radius 1 is 1.32 bits per heavy atom. The molecule has 1 aliphatic rings. The molecule has 0 spiro atoms. The summed E-state index contributed by atoms with van der Waals surface area (Å²) >= 11 is 1.67. The Morgan fingerprint density at radius 3 is 2.79 bits per heavy atom. The van der Waals surface area contributed by atoms with Crippen LogP contribution in [-0.2, 0) is 0 Å². The summed E-state index contributed by atoms with van der Waals surface area (Å²) in [7, 11) is 0. The zero-order chi connectivity index (χ0) is 13.6. The molecule has 0 aliphatic heterocycles. The molecule has 0 bridgehead atoms. The third-order valence-electron chi connectivity index (χ3n) is 4.32. The van der Waals surface area contributed by atoms with E-state index < -0.39 is 0 Å². The molecule has 3 N–H and O–H groups in total. The molecule has 3 atom stereocenters. The number of nitrogen functional groups attached to an aromatic ring is 1. The van der Waals surface area contributed by atoms with E-state index in [9.17, 15) is 0 Å². The van der Waals surface area contributed by atoms with Crippen LogP contribution in [0.1, 0.15) is 31.6 Å². The van der Waals surface area contributed by atoms with Gasteiger partial charge in [0.05, 0.1) is 5.39 Å². The van der Waals surface area contributed by atoms with Gasteiger partial charge in [0.1, 0.15) is 10.6 Å². The number of nitrogens with two attached hydrogens (primary N) is 1. The number of aromatic nitrogens is 2. The first-order valence-corrected chi connectivity index (χ1v) is 7.66. The lowest BCUT2D eigenvalue weighted by atomic mass is 9.98. The minimum atomic E-state index is 0.357. The summed E-state index contributed by atoms with van der Waals surface area (Å²) in [5.74, 6) is 2.70. The number of nitrogens with zero attached hydrogens (tertiary/aromatic N) is 2. The van der Waals surface area contributed by atoms with Crippen LogP contribution in [0.15, 0.2) is 6.07 Å². The molecule has 5 heteroatoms. The van der Waals surface area contributed by atoms with E-state index in [4.69, 9.17) is 5.73 Å². The lowest BCUT2D eigenvalue weighted by molar-refractivity contribution is 0.435. The highest BCUT2D eigenvalue weighted by molar-refractivity contribution is 7.18. The van der Waals surface area contributed by atoms with Crippen LogP contribution < -0.4 is 11.1 Å². The second-order valence-electron chi connectivity index (χ2n) is 5.67. The van der Waals surface area contributed by atoms with Crippen LogP contribution in [0, 0.1) is 18.8 Å². The van der Waals surface area contributed by atoms with Gasteiger partial charge in [0.2, 0.25) is 5.95 Å². The summed E-state index contributed by atoms with van der Waals surface area (Å²) in [4.78, 5) is 10.9. The van der Waals surface area contributed by atoms with Gasteiger partial charge in [-0.1, -0.05) is 13.8 Å². The van der Waals surface area contributed by atoms with Crippen molar-refractivity contribution in [3.8, 4) is 0 Å². The topological polar surface area (TPSA) is 63.8 Å². The van der Waals surface area contributed by atoms with Crippen molar-refractivity contribution >= 4 is 33.3 Å². The molecule has 19 heavy (non-hydrogen) atoms. The Kier molecular flexibility index (Phi) is 3.09. The highest BCUT2D eigenvalue weighted by Crippen LogP contribution is 2.35. The van der Waals surface area contributed by atoms with E-state index in [0.717, 1.165) is 22.0 Å². The summed E-state index contributed by atoms with van der Waals surface area (Å²) in [6.45, 7) is 6.73. The average molecular weight is 276 g/mol. The van der Waals surface area contributed by atoms with Crippen molar-refractivity contribution in [3.05, 3.63) is 10.9 Å². The molecule has 0 radical (unpaired) electrons. The van der Waals surface area contributed by atoms with Gasteiger partial charge in [0.15, 0.2) is 0 Å². The van der Waals surface area contributed by atoms with E-state index >= 15 is 0 Å². The first-order valence-electron chi connectivity index (χ1n) is 6.85. The first-order chi connectivity index (χ1) is 9.04. The number of anilines is 2. The Balaban J connectivity index is 1.96.